The summed E-state index contributed by atoms with van der Waals surface area (Å²) in [6.07, 6.45) is 8.30. The van der Waals surface area contributed by atoms with Gasteiger partial charge in [-0.2, -0.15) is 0 Å². The van der Waals surface area contributed by atoms with Crippen molar-refractivity contribution < 1.29 is 4.74 Å². The van der Waals surface area contributed by atoms with E-state index < -0.39 is 5.54 Å². The summed E-state index contributed by atoms with van der Waals surface area (Å²) < 4.78 is 5.21. The van der Waals surface area contributed by atoms with Gasteiger partial charge in [0.1, 0.15) is 10.0 Å². The molecule has 6 nitrogen and oxygen atoms in total. The van der Waals surface area contributed by atoms with Crippen LogP contribution in [0.15, 0.2) is 58.8 Å². The van der Waals surface area contributed by atoms with E-state index >= 15 is 0 Å². The van der Waals surface area contributed by atoms with Crippen molar-refractivity contribution in [3.05, 3.63) is 70.8 Å². The molecule has 5 rings (SSSR count). The van der Waals surface area contributed by atoms with Crippen LogP contribution in [-0.4, -0.2) is 35.2 Å². The Kier molecular flexibility index (Phi) is 5.38. The number of pyridine rings is 1. The minimum Gasteiger partial charge on any atom is -0.480 e. The average molecular weight is 454 g/mol. The molecule has 1 saturated heterocycles. The normalized spacial score (nSPS) is 21.8. The van der Waals surface area contributed by atoms with Crippen LogP contribution in [0.4, 0.5) is 0 Å². The number of nitrogens with one attached hydrogen (secondary N) is 1. The van der Waals surface area contributed by atoms with Crippen molar-refractivity contribution in [3.8, 4) is 5.88 Å². The highest BCUT2D eigenvalue weighted by atomic mass is 35.5. The quantitative estimate of drug-likeness (QED) is 0.621. The maximum Gasteiger partial charge on any atom is 0.233 e. The molecule has 0 saturated carbocycles. The van der Waals surface area contributed by atoms with Crippen molar-refractivity contribution in [2.75, 3.05) is 20.2 Å². The van der Waals surface area contributed by atoms with E-state index in [0.717, 1.165) is 48.0 Å². The van der Waals surface area contributed by atoms with E-state index in [0.29, 0.717) is 10.9 Å². The van der Waals surface area contributed by atoms with Gasteiger partial charge < -0.3 is 15.8 Å². The third-order valence-corrected chi connectivity index (χ3v) is 8.09. The molecule has 1 fully saturated rings. The highest BCUT2D eigenvalue weighted by Gasteiger charge is 2.57. The molecule has 1 aromatic carbocycles. The van der Waals surface area contributed by atoms with Crippen molar-refractivity contribution in [2.24, 2.45) is 11.1 Å². The molecule has 0 bridgehead atoms. The van der Waals surface area contributed by atoms with E-state index in [4.69, 9.17) is 32.0 Å². The van der Waals surface area contributed by atoms with Crippen molar-refractivity contribution >= 4 is 23.4 Å². The predicted molar refractivity (Wildman–Crippen MR) is 122 cm³/mol. The first-order valence-electron chi connectivity index (χ1n) is 10.3. The van der Waals surface area contributed by atoms with E-state index in [-0.39, 0.29) is 5.41 Å². The Labute approximate surface area is 191 Å². The Morgan fingerprint density at radius 1 is 1.10 bits per heavy atom. The Morgan fingerprint density at radius 2 is 1.90 bits per heavy atom. The second-order valence-corrected chi connectivity index (χ2v) is 9.59. The standard InChI is InChI=1S/C23H24ClN5OS/c1-30-21-20(24)17(6-9-27-21)31-19-14-28-18(13-29-19)23(25)16-5-3-2-4-15(16)12-22(23)7-10-26-11-8-22/h2-6,9,13-14,26H,7-8,10-12,25H2,1H3/t23-/m0/s1. The van der Waals surface area contributed by atoms with Crippen LogP contribution in [0.3, 0.4) is 0 Å². The van der Waals surface area contributed by atoms with Crippen molar-refractivity contribution in [1.82, 2.24) is 20.3 Å². The molecule has 0 amide bonds. The first-order chi connectivity index (χ1) is 15.1. The summed E-state index contributed by atoms with van der Waals surface area (Å²) in [6.45, 7) is 1.94. The van der Waals surface area contributed by atoms with E-state index in [1.54, 1.807) is 19.5 Å². The molecule has 31 heavy (non-hydrogen) atoms. The van der Waals surface area contributed by atoms with Crippen LogP contribution in [0.1, 0.15) is 29.7 Å². The number of hydrogen-bond acceptors (Lipinski definition) is 7. The molecule has 1 aliphatic carbocycles. The van der Waals surface area contributed by atoms with E-state index in [1.807, 2.05) is 12.3 Å². The maximum absolute atomic E-state index is 7.28. The molecule has 3 aromatic rings. The summed E-state index contributed by atoms with van der Waals surface area (Å²) in [5, 5.41) is 4.69. The number of piperidine rings is 1. The molecule has 3 N–H and O–H groups in total. The number of ether oxygens (including phenoxy) is 1. The van der Waals surface area contributed by atoms with Gasteiger partial charge in [-0.1, -0.05) is 47.6 Å². The minimum atomic E-state index is -0.653. The van der Waals surface area contributed by atoms with Crippen molar-refractivity contribution in [1.29, 1.82) is 0 Å². The number of rotatable bonds is 4. The lowest BCUT2D eigenvalue weighted by Gasteiger charge is -2.46. The second-order valence-electron chi connectivity index (χ2n) is 8.15. The zero-order valence-electron chi connectivity index (χ0n) is 17.3. The first-order valence-corrected chi connectivity index (χ1v) is 11.5. The van der Waals surface area contributed by atoms with E-state index in [1.165, 1.54) is 22.9 Å². The van der Waals surface area contributed by atoms with Gasteiger partial charge in [0.2, 0.25) is 5.88 Å². The van der Waals surface area contributed by atoms with Gasteiger partial charge in [-0.05, 0) is 49.5 Å². The van der Waals surface area contributed by atoms with Crippen LogP contribution in [0, 0.1) is 5.41 Å². The summed E-state index contributed by atoms with van der Waals surface area (Å²) in [6, 6.07) is 10.4. The number of nitrogens with two attached hydrogens (primary N) is 1. The lowest BCUT2D eigenvalue weighted by molar-refractivity contribution is 0.117. The number of methoxy groups -OCH3 is 1. The lowest BCUT2D eigenvalue weighted by Crippen LogP contribution is -2.55. The number of benzene rings is 1. The summed E-state index contributed by atoms with van der Waals surface area (Å²) in [7, 11) is 1.55. The Hall–Kier alpha value is -2.19. The maximum atomic E-state index is 7.28. The SMILES string of the molecule is COc1nccc(Sc2cnc([C@@]3(N)c4ccccc4CC34CCNCC4)cn2)c1Cl. The Balaban J connectivity index is 1.51. The van der Waals surface area contributed by atoms with Crippen molar-refractivity contribution in [2.45, 2.75) is 34.7 Å². The van der Waals surface area contributed by atoms with E-state index in [9.17, 15) is 0 Å². The number of fused-ring (bicyclic) bond motifs is 1. The Bertz CT molecular complexity index is 1100. The van der Waals surface area contributed by atoms with Crippen LogP contribution in [0.2, 0.25) is 5.02 Å². The predicted octanol–water partition coefficient (Wildman–Crippen LogP) is 3.81. The number of hydrogen-bond donors (Lipinski definition) is 2. The summed E-state index contributed by atoms with van der Waals surface area (Å²) in [5.41, 5.74) is 9.90. The highest BCUT2D eigenvalue weighted by molar-refractivity contribution is 7.99. The fourth-order valence-electron chi connectivity index (χ4n) is 5.05. The second kappa shape index (κ2) is 8.06. The van der Waals surface area contributed by atoms with E-state index in [2.05, 4.69) is 34.6 Å². The molecular formula is C23H24ClN5OS. The third kappa shape index (κ3) is 3.31. The number of nitrogens with zero attached hydrogens (tertiary/aromatic N) is 3. The van der Waals surface area contributed by atoms with Crippen LogP contribution >= 0.6 is 23.4 Å². The lowest BCUT2D eigenvalue weighted by atomic mass is 9.63. The molecule has 2 aliphatic rings. The monoisotopic (exact) mass is 453 g/mol. The number of halogens is 1. The number of aromatic nitrogens is 3. The van der Waals surface area contributed by atoms with Crippen LogP contribution in [-0.2, 0) is 12.0 Å². The van der Waals surface area contributed by atoms with Gasteiger partial charge in [-0.3, -0.25) is 4.98 Å². The molecule has 8 heteroatoms. The van der Waals surface area contributed by atoms with Crippen molar-refractivity contribution in [3.63, 3.8) is 0 Å². The smallest absolute Gasteiger partial charge is 0.233 e. The fraction of sp³-hybridized carbons (Fsp3) is 0.348. The first kappa shape index (κ1) is 20.7. The molecule has 1 atom stereocenters. The molecule has 0 radical (unpaired) electrons. The zero-order chi connectivity index (χ0) is 21.5. The Morgan fingerprint density at radius 3 is 2.65 bits per heavy atom. The molecule has 0 unspecified atom stereocenters. The van der Waals surface area contributed by atoms with Gasteiger partial charge in [0, 0.05) is 16.5 Å². The largest absolute Gasteiger partial charge is 0.480 e. The molecule has 1 spiro atoms. The molecule has 160 valence electrons. The van der Waals surface area contributed by atoms with Crippen LogP contribution < -0.4 is 15.8 Å². The third-order valence-electron chi connectivity index (χ3n) is 6.63. The summed E-state index contributed by atoms with van der Waals surface area (Å²) in [4.78, 5) is 14.5. The van der Waals surface area contributed by atoms with Crippen LogP contribution in [0.5, 0.6) is 5.88 Å². The topological polar surface area (TPSA) is 86.0 Å². The molecule has 2 aromatic heterocycles. The van der Waals surface area contributed by atoms with Gasteiger partial charge in [0.25, 0.3) is 0 Å². The highest BCUT2D eigenvalue weighted by Crippen LogP contribution is 2.56. The molecule has 1 aliphatic heterocycles. The van der Waals surface area contributed by atoms with Gasteiger partial charge in [-0.25, -0.2) is 9.97 Å². The fourth-order valence-corrected chi connectivity index (χ4v) is 6.10. The molecule has 3 heterocycles. The van der Waals surface area contributed by atoms with Gasteiger partial charge in [0.05, 0.1) is 30.7 Å². The van der Waals surface area contributed by atoms with Gasteiger partial charge in [0.15, 0.2) is 0 Å². The minimum absolute atomic E-state index is 0.0486. The molecular weight excluding hydrogens is 430 g/mol. The van der Waals surface area contributed by atoms with Gasteiger partial charge in [-0.15, -0.1) is 0 Å². The average Bonchev–Trinajstić information content (AvgIpc) is 3.04. The summed E-state index contributed by atoms with van der Waals surface area (Å²) >= 11 is 7.82. The zero-order valence-corrected chi connectivity index (χ0v) is 18.8. The van der Waals surface area contributed by atoms with Crippen LogP contribution in [0.25, 0.3) is 0 Å². The summed E-state index contributed by atoms with van der Waals surface area (Å²) in [5.74, 6) is 0.396. The van der Waals surface area contributed by atoms with Gasteiger partial charge >= 0.3 is 0 Å².